The van der Waals surface area contributed by atoms with Crippen LogP contribution in [-0.2, 0) is 0 Å². The van der Waals surface area contributed by atoms with Gasteiger partial charge in [-0.25, -0.2) is 0 Å². The summed E-state index contributed by atoms with van der Waals surface area (Å²) in [5.41, 5.74) is 0. The van der Waals surface area contributed by atoms with Gasteiger partial charge >= 0.3 is 0 Å². The molecule has 0 aromatic carbocycles. The maximum Gasteiger partial charge on any atom is -0.0233 e. The number of hydrogen-bond donors (Lipinski definition) is 0. The van der Waals surface area contributed by atoms with Gasteiger partial charge in [0, 0.05) is 0 Å². The first-order chi connectivity index (χ1) is 12.2. The second kappa shape index (κ2) is 11.2. The zero-order valence-electron chi connectivity index (χ0n) is 17.4. The van der Waals surface area contributed by atoms with Crippen LogP contribution in [0.2, 0.25) is 0 Å². The highest BCUT2D eigenvalue weighted by Gasteiger charge is 2.29. The van der Waals surface area contributed by atoms with Crippen molar-refractivity contribution in [3.8, 4) is 0 Å². The van der Waals surface area contributed by atoms with Crippen molar-refractivity contribution in [1.29, 1.82) is 0 Å². The van der Waals surface area contributed by atoms with Gasteiger partial charge in [0.2, 0.25) is 0 Å². The Morgan fingerprint density at radius 3 is 1.36 bits per heavy atom. The van der Waals surface area contributed by atoms with E-state index in [9.17, 15) is 0 Å². The molecule has 0 aromatic heterocycles. The lowest BCUT2D eigenvalue weighted by atomic mass is 9.69. The van der Waals surface area contributed by atoms with E-state index in [1.807, 2.05) is 13.8 Å². The molecule has 3 aliphatic carbocycles. The lowest BCUT2D eigenvalue weighted by Gasteiger charge is -2.36. The molecule has 0 heteroatoms. The minimum absolute atomic E-state index is 0.799. The smallest absolute Gasteiger partial charge is 0.0233 e. The molecule has 3 rings (SSSR count). The summed E-state index contributed by atoms with van der Waals surface area (Å²) in [6.45, 7) is 10.4. The van der Waals surface area contributed by atoms with E-state index in [0.717, 1.165) is 35.5 Å². The number of hydrogen-bond acceptors (Lipinski definition) is 0. The molecule has 0 nitrogen and oxygen atoms in total. The average molecular weight is 345 g/mol. The van der Waals surface area contributed by atoms with Crippen molar-refractivity contribution in [3.05, 3.63) is 24.8 Å². The minimum Gasteiger partial charge on any atom is -0.103 e. The van der Waals surface area contributed by atoms with Gasteiger partial charge in [0.05, 0.1) is 0 Å². The van der Waals surface area contributed by atoms with Crippen molar-refractivity contribution >= 4 is 0 Å². The van der Waals surface area contributed by atoms with Crippen LogP contribution >= 0.6 is 0 Å². The maximum atomic E-state index is 3.96. The Morgan fingerprint density at radius 2 is 0.920 bits per heavy atom. The second-order valence-corrected chi connectivity index (χ2v) is 8.99. The molecular weight excluding hydrogens is 300 g/mol. The zero-order valence-corrected chi connectivity index (χ0v) is 17.4. The summed E-state index contributed by atoms with van der Waals surface area (Å²) < 4.78 is 0. The second-order valence-electron chi connectivity index (χ2n) is 8.99. The van der Waals surface area contributed by atoms with Crippen molar-refractivity contribution in [2.75, 3.05) is 0 Å². The van der Waals surface area contributed by atoms with Crippen LogP contribution in [0, 0.1) is 35.5 Å². The van der Waals surface area contributed by atoms with E-state index in [1.54, 1.807) is 0 Å². The van der Waals surface area contributed by atoms with Gasteiger partial charge in [-0.15, -0.1) is 6.58 Å². The molecule has 0 saturated heterocycles. The average Bonchev–Trinajstić information content (AvgIpc) is 2.69. The Labute approximate surface area is 158 Å². The SMILES string of the molecule is C=CC1CCC(/C=C/C2CCC(C3CCC(C)CC3)CC2)CC1.CC. The summed E-state index contributed by atoms with van der Waals surface area (Å²) in [5.74, 6) is 5.70. The predicted molar refractivity (Wildman–Crippen MR) is 113 cm³/mol. The minimum atomic E-state index is 0.799. The van der Waals surface area contributed by atoms with Gasteiger partial charge < -0.3 is 0 Å². The molecule has 0 spiro atoms. The van der Waals surface area contributed by atoms with E-state index in [4.69, 9.17) is 0 Å². The molecule has 3 fully saturated rings. The van der Waals surface area contributed by atoms with E-state index in [2.05, 4.69) is 31.7 Å². The van der Waals surface area contributed by atoms with Gasteiger partial charge in [-0.2, -0.15) is 0 Å². The van der Waals surface area contributed by atoms with Crippen LogP contribution in [-0.4, -0.2) is 0 Å². The van der Waals surface area contributed by atoms with Gasteiger partial charge in [0.25, 0.3) is 0 Å². The van der Waals surface area contributed by atoms with E-state index in [1.165, 1.54) is 77.0 Å². The fraction of sp³-hybridized carbons (Fsp3) is 0.840. The van der Waals surface area contributed by atoms with Crippen LogP contribution in [0.25, 0.3) is 0 Å². The third kappa shape index (κ3) is 6.61. The van der Waals surface area contributed by atoms with Gasteiger partial charge in [0.15, 0.2) is 0 Å². The molecule has 0 aliphatic heterocycles. The summed E-state index contributed by atoms with van der Waals surface area (Å²) in [6, 6.07) is 0. The predicted octanol–water partition coefficient (Wildman–Crippen LogP) is 8.19. The molecule has 0 N–H and O–H groups in total. The topological polar surface area (TPSA) is 0 Å². The van der Waals surface area contributed by atoms with Crippen molar-refractivity contribution in [1.82, 2.24) is 0 Å². The largest absolute Gasteiger partial charge is 0.103 e. The van der Waals surface area contributed by atoms with Gasteiger partial charge in [-0.3, -0.25) is 0 Å². The van der Waals surface area contributed by atoms with Gasteiger partial charge in [0.1, 0.15) is 0 Å². The molecule has 144 valence electrons. The van der Waals surface area contributed by atoms with E-state index in [0.29, 0.717) is 0 Å². The lowest BCUT2D eigenvalue weighted by Crippen LogP contribution is -2.24. The maximum absolute atomic E-state index is 3.96. The normalized spacial score (nSPS) is 39.5. The molecule has 25 heavy (non-hydrogen) atoms. The van der Waals surface area contributed by atoms with Crippen molar-refractivity contribution < 1.29 is 0 Å². The first-order valence-electron chi connectivity index (χ1n) is 11.6. The Hall–Kier alpha value is -0.520. The third-order valence-electron chi connectivity index (χ3n) is 7.35. The molecule has 0 atom stereocenters. The van der Waals surface area contributed by atoms with E-state index >= 15 is 0 Å². The van der Waals surface area contributed by atoms with Crippen LogP contribution in [0.15, 0.2) is 24.8 Å². The van der Waals surface area contributed by atoms with Crippen molar-refractivity contribution in [2.45, 2.75) is 97.8 Å². The van der Waals surface area contributed by atoms with Crippen molar-refractivity contribution in [2.24, 2.45) is 35.5 Å². The molecule has 0 heterocycles. The summed E-state index contributed by atoms with van der Waals surface area (Å²) >= 11 is 0. The molecule has 0 amide bonds. The molecule has 3 saturated carbocycles. The fourth-order valence-electron chi connectivity index (χ4n) is 5.45. The van der Waals surface area contributed by atoms with Crippen LogP contribution < -0.4 is 0 Å². The first-order valence-corrected chi connectivity index (χ1v) is 11.6. The quantitative estimate of drug-likeness (QED) is 0.451. The Morgan fingerprint density at radius 1 is 0.560 bits per heavy atom. The highest BCUT2D eigenvalue weighted by Crippen LogP contribution is 2.41. The summed E-state index contributed by atoms with van der Waals surface area (Å²) in [5, 5.41) is 0. The Kier molecular flexibility index (Phi) is 9.35. The lowest BCUT2D eigenvalue weighted by molar-refractivity contribution is 0.160. The van der Waals surface area contributed by atoms with Crippen LogP contribution in [0.3, 0.4) is 0 Å². The summed E-state index contributed by atoms with van der Waals surface area (Å²) in [4.78, 5) is 0. The first kappa shape index (κ1) is 20.8. The standard InChI is InChI=1S/C23H38.C2H6/c1-3-19-6-8-20(9-7-19)10-11-21-12-16-23(17-13-21)22-14-4-18(2)5-15-22;1-2/h3,10-11,18-23H,1,4-9,12-17H2,2H3;1-2H3/b11-10+;. The zero-order chi connectivity index (χ0) is 18.1. The van der Waals surface area contributed by atoms with Gasteiger partial charge in [-0.05, 0) is 99.7 Å². The Balaban J connectivity index is 0.00000109. The van der Waals surface area contributed by atoms with Crippen LogP contribution in [0.4, 0.5) is 0 Å². The highest BCUT2D eigenvalue weighted by molar-refractivity contribution is 4.98. The molecule has 0 radical (unpaired) electrons. The number of rotatable bonds is 4. The molecule has 0 bridgehead atoms. The molecule has 3 aliphatic rings. The van der Waals surface area contributed by atoms with E-state index in [-0.39, 0.29) is 0 Å². The van der Waals surface area contributed by atoms with Crippen LogP contribution in [0.1, 0.15) is 97.8 Å². The van der Waals surface area contributed by atoms with Crippen molar-refractivity contribution in [3.63, 3.8) is 0 Å². The molecule has 0 aromatic rings. The third-order valence-corrected chi connectivity index (χ3v) is 7.35. The monoisotopic (exact) mass is 344 g/mol. The van der Waals surface area contributed by atoms with Crippen LogP contribution in [0.5, 0.6) is 0 Å². The summed E-state index contributed by atoms with van der Waals surface area (Å²) in [6.07, 6.45) is 24.9. The van der Waals surface area contributed by atoms with E-state index < -0.39 is 0 Å². The highest BCUT2D eigenvalue weighted by atomic mass is 14.3. The fourth-order valence-corrected chi connectivity index (χ4v) is 5.45. The Bertz CT molecular complexity index is 369. The number of allylic oxidation sites excluding steroid dienone is 3. The molecule has 0 unspecified atom stereocenters. The molecular formula is C25H44. The van der Waals surface area contributed by atoms with Gasteiger partial charge in [-0.1, -0.05) is 51.8 Å². The summed E-state index contributed by atoms with van der Waals surface area (Å²) in [7, 11) is 0.